The number of nitrogens with one attached hydrogen (secondary N) is 1. The zero-order chi connectivity index (χ0) is 15.7. The van der Waals surface area contributed by atoms with Crippen LogP contribution in [0.15, 0.2) is 18.2 Å². The summed E-state index contributed by atoms with van der Waals surface area (Å²) in [6.07, 6.45) is 0.397. The van der Waals surface area contributed by atoms with Crippen molar-refractivity contribution in [2.75, 3.05) is 18.6 Å². The fraction of sp³-hybridized carbons (Fsp3) is 0.500. The summed E-state index contributed by atoms with van der Waals surface area (Å²) in [5, 5.41) is 2.74. The SMILES string of the molecule is COc1ccc(CC(=O)NC2(C)CCS(=O)(=O)C2)cc1F. The molecule has 21 heavy (non-hydrogen) atoms. The van der Waals surface area contributed by atoms with Gasteiger partial charge in [-0.3, -0.25) is 4.79 Å². The first kappa shape index (κ1) is 15.8. The van der Waals surface area contributed by atoms with Crippen molar-refractivity contribution in [2.24, 2.45) is 0 Å². The van der Waals surface area contributed by atoms with Crippen LogP contribution in [-0.2, 0) is 21.1 Å². The van der Waals surface area contributed by atoms with E-state index in [1.54, 1.807) is 13.0 Å². The van der Waals surface area contributed by atoms with Gasteiger partial charge in [0, 0.05) is 0 Å². The van der Waals surface area contributed by atoms with Gasteiger partial charge in [0.25, 0.3) is 0 Å². The highest BCUT2D eigenvalue weighted by Gasteiger charge is 2.39. The average Bonchev–Trinajstić information content (AvgIpc) is 2.63. The van der Waals surface area contributed by atoms with E-state index < -0.39 is 21.2 Å². The van der Waals surface area contributed by atoms with Gasteiger partial charge < -0.3 is 10.1 Å². The van der Waals surface area contributed by atoms with E-state index in [9.17, 15) is 17.6 Å². The molecule has 1 N–H and O–H groups in total. The summed E-state index contributed by atoms with van der Waals surface area (Å²) >= 11 is 0. The Morgan fingerprint density at radius 1 is 1.48 bits per heavy atom. The number of hydrogen-bond donors (Lipinski definition) is 1. The molecule has 1 fully saturated rings. The molecule has 1 saturated heterocycles. The molecule has 2 rings (SSSR count). The molecule has 1 heterocycles. The van der Waals surface area contributed by atoms with Gasteiger partial charge in [-0.2, -0.15) is 0 Å². The van der Waals surface area contributed by atoms with Crippen molar-refractivity contribution < 1.29 is 22.3 Å². The maximum atomic E-state index is 13.5. The molecule has 1 aliphatic rings. The van der Waals surface area contributed by atoms with Crippen molar-refractivity contribution in [1.29, 1.82) is 0 Å². The van der Waals surface area contributed by atoms with Crippen molar-refractivity contribution in [1.82, 2.24) is 5.32 Å². The van der Waals surface area contributed by atoms with Crippen molar-refractivity contribution >= 4 is 15.7 Å². The average molecular weight is 315 g/mol. The van der Waals surface area contributed by atoms with Crippen molar-refractivity contribution in [3.63, 3.8) is 0 Å². The normalized spacial score (nSPS) is 23.8. The smallest absolute Gasteiger partial charge is 0.224 e. The first-order chi connectivity index (χ1) is 9.73. The van der Waals surface area contributed by atoms with E-state index in [0.717, 1.165) is 0 Å². The molecule has 1 aliphatic heterocycles. The number of rotatable bonds is 4. The number of halogens is 1. The predicted molar refractivity (Wildman–Crippen MR) is 76.5 cm³/mol. The van der Waals surface area contributed by atoms with Gasteiger partial charge in [0.05, 0.1) is 30.6 Å². The third-order valence-electron chi connectivity index (χ3n) is 3.53. The largest absolute Gasteiger partial charge is 0.494 e. The summed E-state index contributed by atoms with van der Waals surface area (Å²) in [4.78, 5) is 12.0. The minimum absolute atomic E-state index is 0.00342. The van der Waals surface area contributed by atoms with E-state index in [1.165, 1.54) is 19.2 Å². The third kappa shape index (κ3) is 3.93. The lowest BCUT2D eigenvalue weighted by molar-refractivity contribution is -0.121. The highest BCUT2D eigenvalue weighted by molar-refractivity contribution is 7.91. The number of benzene rings is 1. The van der Waals surface area contributed by atoms with E-state index >= 15 is 0 Å². The van der Waals surface area contributed by atoms with E-state index in [4.69, 9.17) is 4.74 Å². The minimum atomic E-state index is -3.08. The van der Waals surface area contributed by atoms with Gasteiger partial charge in [0.15, 0.2) is 21.4 Å². The van der Waals surface area contributed by atoms with Gasteiger partial charge in [-0.25, -0.2) is 12.8 Å². The molecule has 0 bridgehead atoms. The molecule has 0 radical (unpaired) electrons. The Kier molecular flexibility index (Phi) is 4.22. The quantitative estimate of drug-likeness (QED) is 0.902. The lowest BCUT2D eigenvalue weighted by Gasteiger charge is -2.23. The predicted octanol–water partition coefficient (Wildman–Crippen LogP) is 1.07. The Morgan fingerprint density at radius 2 is 2.19 bits per heavy atom. The molecular formula is C14H18FNO4S. The highest BCUT2D eigenvalue weighted by Crippen LogP contribution is 2.23. The monoisotopic (exact) mass is 315 g/mol. The van der Waals surface area contributed by atoms with Crippen LogP contribution in [0, 0.1) is 5.82 Å². The van der Waals surface area contributed by atoms with Crippen molar-refractivity contribution in [3.05, 3.63) is 29.6 Å². The molecule has 1 aromatic rings. The molecule has 0 aliphatic carbocycles. The van der Waals surface area contributed by atoms with Crippen LogP contribution in [0.25, 0.3) is 0 Å². The number of sulfone groups is 1. The minimum Gasteiger partial charge on any atom is -0.494 e. The Labute approximate surface area is 123 Å². The summed E-state index contributed by atoms with van der Waals surface area (Å²) in [5.41, 5.74) is -0.226. The molecule has 0 spiro atoms. The van der Waals surface area contributed by atoms with Gasteiger partial charge in [-0.1, -0.05) is 6.07 Å². The number of carbonyl (C=O) groups is 1. The first-order valence-corrected chi connectivity index (χ1v) is 8.39. The number of amides is 1. The van der Waals surface area contributed by atoms with Gasteiger partial charge in [0.1, 0.15) is 0 Å². The highest BCUT2D eigenvalue weighted by atomic mass is 32.2. The van der Waals surface area contributed by atoms with E-state index in [2.05, 4.69) is 5.32 Å². The van der Waals surface area contributed by atoms with Crippen LogP contribution >= 0.6 is 0 Å². The number of ether oxygens (including phenoxy) is 1. The summed E-state index contributed by atoms with van der Waals surface area (Å²) in [6, 6.07) is 4.31. The summed E-state index contributed by atoms with van der Waals surface area (Å²) in [5.74, 6) is -0.700. The van der Waals surface area contributed by atoms with Crippen LogP contribution in [0.2, 0.25) is 0 Å². The van der Waals surface area contributed by atoms with Crippen LogP contribution in [0.5, 0.6) is 5.75 Å². The zero-order valence-corrected chi connectivity index (χ0v) is 12.8. The van der Waals surface area contributed by atoms with E-state index in [-0.39, 0.29) is 29.6 Å². The molecule has 0 aromatic heterocycles. The number of methoxy groups -OCH3 is 1. The van der Waals surface area contributed by atoms with Crippen LogP contribution in [0.1, 0.15) is 18.9 Å². The fourth-order valence-corrected chi connectivity index (χ4v) is 4.59. The zero-order valence-electron chi connectivity index (χ0n) is 12.0. The second-order valence-electron chi connectivity index (χ2n) is 5.60. The van der Waals surface area contributed by atoms with Crippen LogP contribution < -0.4 is 10.1 Å². The summed E-state index contributed by atoms with van der Waals surface area (Å²) < 4.78 is 41.3. The molecule has 1 amide bonds. The lowest BCUT2D eigenvalue weighted by Crippen LogP contribution is -2.47. The third-order valence-corrected chi connectivity index (χ3v) is 5.43. The Morgan fingerprint density at radius 3 is 2.71 bits per heavy atom. The number of hydrogen-bond acceptors (Lipinski definition) is 4. The molecule has 7 heteroatoms. The first-order valence-electron chi connectivity index (χ1n) is 6.57. The molecule has 1 aromatic carbocycles. The lowest BCUT2D eigenvalue weighted by atomic mass is 10.0. The number of carbonyl (C=O) groups excluding carboxylic acids is 1. The second kappa shape index (κ2) is 5.63. The molecular weight excluding hydrogens is 297 g/mol. The van der Waals surface area contributed by atoms with Crippen LogP contribution in [-0.4, -0.2) is 38.5 Å². The maximum absolute atomic E-state index is 13.5. The van der Waals surface area contributed by atoms with Crippen molar-refractivity contribution in [3.8, 4) is 5.75 Å². The molecule has 1 atom stereocenters. The molecule has 116 valence electrons. The van der Waals surface area contributed by atoms with Gasteiger partial charge in [-0.05, 0) is 31.0 Å². The van der Waals surface area contributed by atoms with Gasteiger partial charge >= 0.3 is 0 Å². The van der Waals surface area contributed by atoms with E-state index in [1.807, 2.05) is 0 Å². The second-order valence-corrected chi connectivity index (χ2v) is 7.78. The standard InChI is InChI=1S/C14H18FNO4S/c1-14(5-6-21(18,19)9-14)16-13(17)8-10-3-4-12(20-2)11(15)7-10/h3-4,7H,5-6,8-9H2,1-2H3,(H,16,17). The summed E-state index contributed by atoms with van der Waals surface area (Å²) in [6.45, 7) is 1.71. The molecule has 0 saturated carbocycles. The molecule has 5 nitrogen and oxygen atoms in total. The van der Waals surface area contributed by atoms with Crippen molar-refractivity contribution in [2.45, 2.75) is 25.3 Å². The fourth-order valence-electron chi connectivity index (χ4n) is 2.50. The van der Waals surface area contributed by atoms with Crippen LogP contribution in [0.4, 0.5) is 4.39 Å². The Bertz CT molecular complexity index is 659. The van der Waals surface area contributed by atoms with Gasteiger partial charge in [0.2, 0.25) is 5.91 Å². The molecule has 1 unspecified atom stereocenters. The topological polar surface area (TPSA) is 72.5 Å². The maximum Gasteiger partial charge on any atom is 0.224 e. The Hall–Kier alpha value is -1.63. The summed E-state index contributed by atoms with van der Waals surface area (Å²) in [7, 11) is -1.71. The van der Waals surface area contributed by atoms with E-state index in [0.29, 0.717) is 12.0 Å². The van der Waals surface area contributed by atoms with Gasteiger partial charge in [-0.15, -0.1) is 0 Å². The van der Waals surface area contributed by atoms with Crippen LogP contribution in [0.3, 0.4) is 0 Å². The Balaban J connectivity index is 2.01.